The molecule has 0 saturated heterocycles. The smallest absolute Gasteiger partial charge is 0.0739 e. The number of nitrogens with two attached hydrogens (primary N) is 1. The number of benzene rings is 1. The van der Waals surface area contributed by atoms with Crippen molar-refractivity contribution < 1.29 is 4.74 Å². The summed E-state index contributed by atoms with van der Waals surface area (Å²) in [5.74, 6) is 0. The van der Waals surface area contributed by atoms with Crippen LogP contribution in [0.5, 0.6) is 0 Å². The van der Waals surface area contributed by atoms with Gasteiger partial charge in [0.1, 0.15) is 0 Å². The Morgan fingerprint density at radius 2 is 2.00 bits per heavy atom. The van der Waals surface area contributed by atoms with E-state index in [0.717, 1.165) is 0 Å². The average molecular weight is 207 g/mol. The van der Waals surface area contributed by atoms with Gasteiger partial charge >= 0.3 is 0 Å². The molecule has 2 atom stereocenters. The van der Waals surface area contributed by atoms with Gasteiger partial charge in [-0.15, -0.1) is 0 Å². The zero-order chi connectivity index (χ0) is 11.4. The van der Waals surface area contributed by atoms with Gasteiger partial charge in [-0.1, -0.05) is 23.8 Å². The third-order valence-corrected chi connectivity index (χ3v) is 2.72. The molecule has 2 heteroatoms. The van der Waals surface area contributed by atoms with E-state index < -0.39 is 0 Å². The van der Waals surface area contributed by atoms with Crippen molar-refractivity contribution in [3.8, 4) is 0 Å². The highest BCUT2D eigenvalue weighted by molar-refractivity contribution is 5.33. The van der Waals surface area contributed by atoms with Gasteiger partial charge in [-0.25, -0.2) is 0 Å². The predicted molar refractivity (Wildman–Crippen MR) is 63.9 cm³/mol. The molecule has 84 valence electrons. The topological polar surface area (TPSA) is 35.2 Å². The van der Waals surface area contributed by atoms with E-state index in [2.05, 4.69) is 32.0 Å². The third kappa shape index (κ3) is 3.05. The Bertz CT molecular complexity index is 322. The van der Waals surface area contributed by atoms with Crippen LogP contribution in [0.25, 0.3) is 0 Å². The van der Waals surface area contributed by atoms with Gasteiger partial charge in [0.25, 0.3) is 0 Å². The molecule has 1 aromatic rings. The molecule has 1 rings (SSSR count). The first-order valence-corrected chi connectivity index (χ1v) is 5.50. The zero-order valence-electron chi connectivity index (χ0n) is 10.1. The van der Waals surface area contributed by atoms with Crippen molar-refractivity contribution in [2.75, 3.05) is 6.61 Å². The molecule has 2 unspecified atom stereocenters. The summed E-state index contributed by atoms with van der Waals surface area (Å²) in [6.07, 6.45) is 0.0661. The lowest BCUT2D eigenvalue weighted by Crippen LogP contribution is -2.27. The first kappa shape index (κ1) is 12.2. The van der Waals surface area contributed by atoms with E-state index in [9.17, 15) is 0 Å². The number of aryl methyl sites for hydroxylation is 2. The van der Waals surface area contributed by atoms with Crippen LogP contribution >= 0.6 is 0 Å². The first-order chi connectivity index (χ1) is 7.06. The maximum Gasteiger partial charge on any atom is 0.0739 e. The summed E-state index contributed by atoms with van der Waals surface area (Å²) in [4.78, 5) is 0. The van der Waals surface area contributed by atoms with Crippen LogP contribution in [-0.4, -0.2) is 12.7 Å². The molecule has 15 heavy (non-hydrogen) atoms. The molecule has 0 saturated carbocycles. The van der Waals surface area contributed by atoms with E-state index in [1.165, 1.54) is 16.7 Å². The van der Waals surface area contributed by atoms with Crippen LogP contribution in [0, 0.1) is 13.8 Å². The van der Waals surface area contributed by atoms with E-state index in [1.54, 1.807) is 0 Å². The van der Waals surface area contributed by atoms with Crippen LogP contribution in [0.4, 0.5) is 0 Å². The molecule has 2 N–H and O–H groups in total. The SMILES string of the molecule is CCOC(C)C(N)c1ccc(C)cc1C. The van der Waals surface area contributed by atoms with Gasteiger partial charge in [-0.05, 0) is 38.8 Å². The Morgan fingerprint density at radius 3 is 2.53 bits per heavy atom. The van der Waals surface area contributed by atoms with Gasteiger partial charge in [0.2, 0.25) is 0 Å². The monoisotopic (exact) mass is 207 g/mol. The lowest BCUT2D eigenvalue weighted by Gasteiger charge is -2.22. The van der Waals surface area contributed by atoms with E-state index in [4.69, 9.17) is 10.5 Å². The van der Waals surface area contributed by atoms with Crippen molar-refractivity contribution in [1.29, 1.82) is 0 Å². The Balaban J connectivity index is 2.86. The number of rotatable bonds is 4. The second-order valence-corrected chi connectivity index (χ2v) is 4.05. The maximum atomic E-state index is 6.15. The molecule has 0 aliphatic heterocycles. The second-order valence-electron chi connectivity index (χ2n) is 4.05. The predicted octanol–water partition coefficient (Wildman–Crippen LogP) is 2.73. The second kappa shape index (κ2) is 5.29. The fraction of sp³-hybridized carbons (Fsp3) is 0.538. The lowest BCUT2D eigenvalue weighted by molar-refractivity contribution is 0.0573. The van der Waals surface area contributed by atoms with Gasteiger partial charge in [0, 0.05) is 6.61 Å². The largest absolute Gasteiger partial charge is 0.377 e. The molecule has 0 heterocycles. The van der Waals surface area contributed by atoms with Crippen molar-refractivity contribution in [3.05, 3.63) is 34.9 Å². The molecular weight excluding hydrogens is 186 g/mol. The van der Waals surface area contributed by atoms with Crippen LogP contribution < -0.4 is 5.73 Å². The molecule has 0 aliphatic carbocycles. The van der Waals surface area contributed by atoms with Gasteiger partial charge < -0.3 is 10.5 Å². The molecule has 0 aromatic heterocycles. The minimum absolute atomic E-state index is 0.0365. The number of hydrogen-bond acceptors (Lipinski definition) is 2. The summed E-state index contributed by atoms with van der Waals surface area (Å²) in [6, 6.07) is 6.32. The highest BCUT2D eigenvalue weighted by atomic mass is 16.5. The highest BCUT2D eigenvalue weighted by Gasteiger charge is 2.16. The number of ether oxygens (including phenoxy) is 1. The molecular formula is C13H21NO. The minimum atomic E-state index is -0.0365. The van der Waals surface area contributed by atoms with Crippen molar-refractivity contribution >= 4 is 0 Å². The fourth-order valence-electron chi connectivity index (χ4n) is 1.82. The zero-order valence-corrected chi connectivity index (χ0v) is 10.1. The standard InChI is InChI=1S/C13H21NO/c1-5-15-11(4)13(14)12-7-6-9(2)8-10(12)3/h6-8,11,13H,5,14H2,1-4H3. The Hall–Kier alpha value is -0.860. The van der Waals surface area contributed by atoms with Crippen molar-refractivity contribution in [1.82, 2.24) is 0 Å². The lowest BCUT2D eigenvalue weighted by atomic mass is 9.97. The van der Waals surface area contributed by atoms with Gasteiger partial charge in [-0.2, -0.15) is 0 Å². The minimum Gasteiger partial charge on any atom is -0.377 e. The summed E-state index contributed by atoms with van der Waals surface area (Å²) in [6.45, 7) is 8.91. The van der Waals surface area contributed by atoms with Crippen molar-refractivity contribution in [2.45, 2.75) is 39.8 Å². The molecule has 0 radical (unpaired) electrons. The van der Waals surface area contributed by atoms with Crippen molar-refractivity contribution in [2.24, 2.45) is 5.73 Å². The highest BCUT2D eigenvalue weighted by Crippen LogP contribution is 2.21. The molecule has 0 bridgehead atoms. The molecule has 0 spiro atoms. The first-order valence-electron chi connectivity index (χ1n) is 5.50. The normalized spacial score (nSPS) is 15.0. The number of hydrogen-bond donors (Lipinski definition) is 1. The van der Waals surface area contributed by atoms with E-state index >= 15 is 0 Å². The Morgan fingerprint density at radius 1 is 1.33 bits per heavy atom. The van der Waals surface area contributed by atoms with Gasteiger partial charge in [-0.3, -0.25) is 0 Å². The molecule has 2 nitrogen and oxygen atoms in total. The molecule has 0 fully saturated rings. The van der Waals surface area contributed by atoms with Crippen LogP contribution in [0.15, 0.2) is 18.2 Å². The van der Waals surface area contributed by atoms with Crippen molar-refractivity contribution in [3.63, 3.8) is 0 Å². The van der Waals surface area contributed by atoms with E-state index in [0.29, 0.717) is 6.61 Å². The molecule has 0 amide bonds. The quantitative estimate of drug-likeness (QED) is 0.824. The summed E-state index contributed by atoms with van der Waals surface area (Å²) in [5, 5.41) is 0. The Labute approximate surface area is 92.4 Å². The maximum absolute atomic E-state index is 6.15. The van der Waals surface area contributed by atoms with E-state index in [1.807, 2.05) is 13.8 Å². The molecule has 1 aromatic carbocycles. The molecule has 0 aliphatic rings. The summed E-state index contributed by atoms with van der Waals surface area (Å²) >= 11 is 0. The average Bonchev–Trinajstić information content (AvgIpc) is 2.17. The fourth-order valence-corrected chi connectivity index (χ4v) is 1.82. The van der Waals surface area contributed by atoms with Gasteiger partial charge in [0.05, 0.1) is 12.1 Å². The summed E-state index contributed by atoms with van der Waals surface area (Å²) < 4.78 is 5.52. The summed E-state index contributed by atoms with van der Waals surface area (Å²) in [5.41, 5.74) is 9.85. The van der Waals surface area contributed by atoms with Crippen LogP contribution in [0.2, 0.25) is 0 Å². The van der Waals surface area contributed by atoms with E-state index in [-0.39, 0.29) is 12.1 Å². The van der Waals surface area contributed by atoms with Gasteiger partial charge in [0.15, 0.2) is 0 Å². The van der Waals surface area contributed by atoms with Crippen LogP contribution in [0.1, 0.15) is 36.6 Å². The third-order valence-electron chi connectivity index (χ3n) is 2.72. The van der Waals surface area contributed by atoms with Crippen LogP contribution in [0.3, 0.4) is 0 Å². The summed E-state index contributed by atoms with van der Waals surface area (Å²) in [7, 11) is 0. The van der Waals surface area contributed by atoms with Crippen LogP contribution in [-0.2, 0) is 4.74 Å². The Kier molecular flexibility index (Phi) is 4.30.